The highest BCUT2D eigenvalue weighted by atomic mass is 15.1. The minimum Gasteiger partial charge on any atom is -0.377 e. The zero-order valence-electron chi connectivity index (χ0n) is 47.6. The standard InChI is InChI=1S/C44H29B2N.C36H22B2N2/c1-4-16-30(17-5-1)41(31-18-6-2-7-19-31)42(32-20-8-3-9-21-32)45-39-28-14-24-35-33-22-10-12-26-37(33)46-38-27-13-11-23-34(38)36-25-15-29-40(45)44(36)47(46)43(35)39;1-5-17-29-23(11-1)27-15-9-19-31-35(27)40-36-28(24-12-2-6-18-30(24)37(29)40)16-10-20-32(36)38(31)39-33-21-7-3-13-25(33)26-14-4-8-22-34(26)39/h1-29H;1-22H. The summed E-state index contributed by atoms with van der Waals surface area (Å²) in [7, 11) is 0. The van der Waals surface area contributed by atoms with E-state index in [9.17, 15) is 0 Å². The van der Waals surface area contributed by atoms with Crippen molar-refractivity contribution < 1.29 is 0 Å². The van der Waals surface area contributed by atoms with Gasteiger partial charge >= 0.3 is 20.5 Å². The van der Waals surface area contributed by atoms with Gasteiger partial charge in [-0.05, 0) is 100 Å². The maximum absolute atomic E-state index is 2.68. The van der Waals surface area contributed by atoms with Crippen LogP contribution in [0.2, 0.25) is 0 Å². The summed E-state index contributed by atoms with van der Waals surface area (Å²) in [5.74, 6) is 0. The Morgan fingerprint density at radius 3 is 0.897 bits per heavy atom. The Hall–Kier alpha value is -10.7. The first kappa shape index (κ1) is 48.6. The monoisotopic (exact) mass is 1100 g/mol. The highest BCUT2D eigenvalue weighted by Gasteiger charge is 2.51. The normalized spacial score (nSPS) is 13.4. The van der Waals surface area contributed by atoms with Crippen molar-refractivity contribution in [3.8, 4) is 44.5 Å². The van der Waals surface area contributed by atoms with E-state index in [2.05, 4.69) is 323 Å². The molecule has 6 aliphatic heterocycles. The Morgan fingerprint density at radius 1 is 0.218 bits per heavy atom. The van der Waals surface area contributed by atoms with Gasteiger partial charge in [0.2, 0.25) is 6.71 Å². The lowest BCUT2D eigenvalue weighted by atomic mass is 9.30. The second-order valence-corrected chi connectivity index (χ2v) is 24.0. The van der Waals surface area contributed by atoms with Gasteiger partial charge in [-0.25, -0.2) is 0 Å². The SMILES string of the molecule is c1ccc(C(B2c3cccc4c3N3B(c5ccccc5-4)c4ccccc4-c4cccc2c43)=C(c2ccccc2)c2ccccc2)cc1.c1ccc2c(c1)B1c3ccccc3-c3cccc4c3N1c1c(cccc1-2)B4n1c2ccccc2c2ccccc21. The molecule has 7 heterocycles. The van der Waals surface area contributed by atoms with Crippen LogP contribution in [0.4, 0.5) is 22.7 Å². The second kappa shape index (κ2) is 18.9. The lowest BCUT2D eigenvalue weighted by Crippen LogP contribution is -2.67. The van der Waals surface area contributed by atoms with Gasteiger partial charge in [0.25, 0.3) is 0 Å². The van der Waals surface area contributed by atoms with Crippen molar-refractivity contribution in [3.05, 3.63) is 326 Å². The van der Waals surface area contributed by atoms with E-state index in [-0.39, 0.29) is 27.3 Å². The summed E-state index contributed by atoms with van der Waals surface area (Å²) in [6.07, 6.45) is 0. The Labute approximate surface area is 508 Å². The molecule has 0 radical (unpaired) electrons. The number of aromatic nitrogens is 1. The molecule has 3 nitrogen and oxygen atoms in total. The third kappa shape index (κ3) is 6.83. The zero-order chi connectivity index (χ0) is 56.8. The highest BCUT2D eigenvalue weighted by Crippen LogP contribution is 2.50. The molecule has 0 saturated carbocycles. The molecule has 14 aromatic rings. The number of hydrogen-bond donors (Lipinski definition) is 0. The average Bonchev–Trinajstić information content (AvgIpc) is 1.08. The van der Waals surface area contributed by atoms with Gasteiger partial charge in [-0.1, -0.05) is 303 Å². The number of fused-ring (bicyclic) bond motifs is 15. The van der Waals surface area contributed by atoms with E-state index in [0.717, 1.165) is 0 Å². The fourth-order valence-corrected chi connectivity index (χ4v) is 16.6. The second-order valence-electron chi connectivity index (χ2n) is 24.0. The number of nitrogens with zero attached hydrogens (tertiary/aromatic N) is 3. The lowest BCUT2D eigenvalue weighted by molar-refractivity contribution is 1.30. The zero-order valence-corrected chi connectivity index (χ0v) is 47.6. The summed E-state index contributed by atoms with van der Waals surface area (Å²) in [5, 5.41) is 2.62. The first-order chi connectivity index (χ1) is 43.3. The van der Waals surface area contributed by atoms with E-state index >= 15 is 0 Å². The molecular weight excluding hydrogens is 1050 g/mol. The summed E-state index contributed by atoms with van der Waals surface area (Å²) in [4.78, 5) is 5.36. The minimum atomic E-state index is 0.00476. The van der Waals surface area contributed by atoms with Crippen LogP contribution in [0.5, 0.6) is 0 Å². The molecule has 0 saturated heterocycles. The molecule has 0 spiro atoms. The molecule has 0 unspecified atom stereocenters. The predicted octanol–water partition coefficient (Wildman–Crippen LogP) is 13.4. The molecule has 0 atom stereocenters. The first-order valence-electron chi connectivity index (χ1n) is 30.6. The van der Waals surface area contributed by atoms with Gasteiger partial charge < -0.3 is 14.1 Å². The molecule has 0 amide bonds. The van der Waals surface area contributed by atoms with E-state index in [1.54, 1.807) is 0 Å². The van der Waals surface area contributed by atoms with Crippen LogP contribution in [-0.4, -0.2) is 31.7 Å². The van der Waals surface area contributed by atoms with E-state index < -0.39 is 0 Å². The number of benzene rings is 13. The average molecular weight is 1100 g/mol. The number of rotatable bonds is 5. The summed E-state index contributed by atoms with van der Waals surface area (Å²) in [6, 6.07) is 115. The molecule has 0 bridgehead atoms. The quantitative estimate of drug-likeness (QED) is 0.126. The van der Waals surface area contributed by atoms with Crippen LogP contribution in [0.3, 0.4) is 0 Å². The molecule has 0 aliphatic carbocycles. The third-order valence-corrected chi connectivity index (χ3v) is 19.8. The van der Waals surface area contributed by atoms with Gasteiger partial charge in [-0.3, -0.25) is 0 Å². The number of anilines is 4. The van der Waals surface area contributed by atoms with Gasteiger partial charge in [0, 0.05) is 66.8 Å². The highest BCUT2D eigenvalue weighted by molar-refractivity contribution is 7.05. The lowest BCUT2D eigenvalue weighted by Gasteiger charge is -2.49. The third-order valence-electron chi connectivity index (χ3n) is 19.8. The first-order valence-corrected chi connectivity index (χ1v) is 30.6. The van der Waals surface area contributed by atoms with Crippen LogP contribution in [0.15, 0.2) is 309 Å². The molecule has 6 aliphatic rings. The van der Waals surface area contributed by atoms with E-state index in [1.807, 2.05) is 0 Å². The van der Waals surface area contributed by atoms with Crippen molar-refractivity contribution in [1.29, 1.82) is 0 Å². The largest absolute Gasteiger partial charge is 0.377 e. The maximum Gasteiger partial charge on any atom is 0.332 e. The Balaban J connectivity index is 0.000000128. The van der Waals surface area contributed by atoms with Gasteiger partial charge in [0.1, 0.15) is 0 Å². The van der Waals surface area contributed by atoms with Crippen LogP contribution in [0.1, 0.15) is 16.7 Å². The predicted molar refractivity (Wildman–Crippen MR) is 372 cm³/mol. The van der Waals surface area contributed by atoms with Gasteiger partial charge in [0.15, 0.2) is 0 Å². The Morgan fingerprint density at radius 2 is 0.506 bits per heavy atom. The van der Waals surface area contributed by atoms with Crippen molar-refractivity contribution in [3.63, 3.8) is 0 Å². The van der Waals surface area contributed by atoms with Gasteiger partial charge in [-0.15, -0.1) is 0 Å². The summed E-state index contributed by atoms with van der Waals surface area (Å²) >= 11 is 0. The maximum atomic E-state index is 2.68. The minimum absolute atomic E-state index is 0.00476. The van der Waals surface area contributed by atoms with Crippen molar-refractivity contribution in [1.82, 2.24) is 4.48 Å². The summed E-state index contributed by atoms with van der Waals surface area (Å²) in [5.41, 5.74) is 35.8. The Bertz CT molecular complexity index is 4940. The van der Waals surface area contributed by atoms with Crippen molar-refractivity contribution in [2.24, 2.45) is 0 Å². The molecule has 7 heteroatoms. The Kier molecular flexibility index (Phi) is 10.6. The molecular formula is C80H51B4N3. The summed E-state index contributed by atoms with van der Waals surface area (Å²) in [6.45, 7) is 0.318. The van der Waals surface area contributed by atoms with E-state index in [0.29, 0.717) is 0 Å². The van der Waals surface area contributed by atoms with Crippen LogP contribution in [-0.2, 0) is 0 Å². The van der Waals surface area contributed by atoms with Crippen molar-refractivity contribution in [2.75, 3.05) is 9.62 Å². The van der Waals surface area contributed by atoms with Crippen LogP contribution < -0.4 is 53.3 Å². The molecule has 0 N–H and O–H groups in total. The molecule has 0 fully saturated rings. The number of para-hydroxylation sites is 6. The van der Waals surface area contributed by atoms with Crippen LogP contribution in [0, 0.1) is 0 Å². The summed E-state index contributed by atoms with van der Waals surface area (Å²) < 4.78 is 2.60. The topological polar surface area (TPSA) is 11.4 Å². The van der Waals surface area contributed by atoms with Crippen LogP contribution >= 0.6 is 0 Å². The molecule has 87 heavy (non-hydrogen) atoms. The molecule has 398 valence electrons. The van der Waals surface area contributed by atoms with Crippen LogP contribution in [0.25, 0.3) is 77.4 Å². The number of hydrogen-bond acceptors (Lipinski definition) is 2. The fraction of sp³-hybridized carbons (Fsp3) is 0. The van der Waals surface area contributed by atoms with E-state index in [1.165, 1.54) is 161 Å². The van der Waals surface area contributed by atoms with E-state index in [4.69, 9.17) is 0 Å². The van der Waals surface area contributed by atoms with Crippen molar-refractivity contribution in [2.45, 2.75) is 0 Å². The fourth-order valence-electron chi connectivity index (χ4n) is 16.6. The molecule has 20 rings (SSSR count). The van der Waals surface area contributed by atoms with Gasteiger partial charge in [-0.2, -0.15) is 0 Å². The van der Waals surface area contributed by atoms with Gasteiger partial charge in [0.05, 0.1) is 0 Å². The smallest absolute Gasteiger partial charge is 0.332 e. The van der Waals surface area contributed by atoms with Crippen molar-refractivity contribution >= 4 is 127 Å². The molecule has 13 aromatic carbocycles. The molecule has 1 aromatic heterocycles.